The number of carbonyl (C=O) groups excluding carboxylic acids is 2. The first-order valence-corrected chi connectivity index (χ1v) is 7.91. The summed E-state index contributed by atoms with van der Waals surface area (Å²) in [7, 11) is 0. The van der Waals surface area contributed by atoms with Crippen LogP contribution in [0.1, 0.15) is 29.6 Å². The summed E-state index contributed by atoms with van der Waals surface area (Å²) < 4.78 is 0. The number of benzene rings is 1. The van der Waals surface area contributed by atoms with Crippen molar-refractivity contribution in [3.63, 3.8) is 0 Å². The number of halogens is 1. The molecule has 0 bridgehead atoms. The number of nitrogens with one attached hydrogen (secondary N) is 3. The van der Waals surface area contributed by atoms with E-state index in [1.807, 2.05) is 12.1 Å². The third kappa shape index (κ3) is 4.36. The molecule has 1 unspecified atom stereocenters. The Labute approximate surface area is 142 Å². The Morgan fingerprint density at radius 3 is 2.87 bits per heavy atom. The first-order chi connectivity index (χ1) is 10.7. The number of hydrogen-bond donors (Lipinski definition) is 3. The van der Waals surface area contributed by atoms with Crippen LogP contribution < -0.4 is 20.9 Å². The fourth-order valence-corrected chi connectivity index (χ4v) is 2.93. The van der Waals surface area contributed by atoms with Crippen LogP contribution in [0.2, 0.25) is 0 Å². The largest absolute Gasteiger partial charge is 0.348 e. The summed E-state index contributed by atoms with van der Waals surface area (Å²) >= 11 is 0. The predicted octanol–water partition coefficient (Wildman–Crippen LogP) is 1.51. The molecule has 3 N–H and O–H groups in total. The van der Waals surface area contributed by atoms with Crippen molar-refractivity contribution in [2.45, 2.75) is 25.3 Å². The zero-order chi connectivity index (χ0) is 15.4. The molecule has 6 nitrogen and oxygen atoms in total. The van der Waals surface area contributed by atoms with E-state index < -0.39 is 0 Å². The minimum absolute atomic E-state index is 0. The van der Waals surface area contributed by atoms with Crippen molar-refractivity contribution in [1.29, 1.82) is 0 Å². The van der Waals surface area contributed by atoms with Crippen molar-refractivity contribution in [2.75, 3.05) is 31.1 Å². The van der Waals surface area contributed by atoms with Crippen molar-refractivity contribution in [3.05, 3.63) is 29.8 Å². The molecule has 0 spiro atoms. The van der Waals surface area contributed by atoms with Gasteiger partial charge in [-0.2, -0.15) is 0 Å². The second-order valence-corrected chi connectivity index (χ2v) is 5.80. The molecule has 2 aliphatic heterocycles. The molecular weight excluding hydrogens is 316 g/mol. The molecule has 1 aromatic carbocycles. The van der Waals surface area contributed by atoms with E-state index in [-0.39, 0.29) is 30.4 Å². The SMILES string of the molecule is Cl.O=C(NC1CCCNC1)c1cccc(N2CCCNC2=O)c1. The van der Waals surface area contributed by atoms with Gasteiger partial charge in [-0.05, 0) is 44.0 Å². The lowest BCUT2D eigenvalue weighted by atomic mass is 10.1. The molecule has 1 atom stereocenters. The molecule has 1 aromatic rings. The standard InChI is InChI=1S/C16H22N4O2.ClH/c21-15(19-13-5-2-7-17-11-13)12-4-1-6-14(10-12)20-9-3-8-18-16(20)22;/h1,4,6,10,13,17H,2-3,5,7-9,11H2,(H,18,22)(H,19,21);1H. The molecule has 23 heavy (non-hydrogen) atoms. The second kappa shape index (κ2) is 8.17. The molecule has 3 amide bonds. The van der Waals surface area contributed by atoms with E-state index in [1.165, 1.54) is 0 Å². The van der Waals surface area contributed by atoms with Crippen molar-refractivity contribution >= 4 is 30.0 Å². The minimum atomic E-state index is -0.0970. The number of amides is 3. The minimum Gasteiger partial charge on any atom is -0.348 e. The van der Waals surface area contributed by atoms with Crippen LogP contribution in [0.3, 0.4) is 0 Å². The van der Waals surface area contributed by atoms with Crippen molar-refractivity contribution in [1.82, 2.24) is 16.0 Å². The monoisotopic (exact) mass is 338 g/mol. The lowest BCUT2D eigenvalue weighted by Gasteiger charge is -2.28. The van der Waals surface area contributed by atoms with Crippen LogP contribution in [0.25, 0.3) is 0 Å². The van der Waals surface area contributed by atoms with Crippen LogP contribution in [0.4, 0.5) is 10.5 Å². The van der Waals surface area contributed by atoms with Gasteiger partial charge in [0.15, 0.2) is 0 Å². The highest BCUT2D eigenvalue weighted by atomic mass is 35.5. The summed E-state index contributed by atoms with van der Waals surface area (Å²) in [6.07, 6.45) is 3.00. The number of nitrogens with zero attached hydrogens (tertiary/aromatic N) is 1. The zero-order valence-electron chi connectivity index (χ0n) is 13.0. The van der Waals surface area contributed by atoms with E-state index >= 15 is 0 Å². The van der Waals surface area contributed by atoms with E-state index in [9.17, 15) is 9.59 Å². The van der Waals surface area contributed by atoms with Gasteiger partial charge in [0, 0.05) is 36.9 Å². The van der Waals surface area contributed by atoms with Crippen LogP contribution >= 0.6 is 12.4 Å². The first-order valence-electron chi connectivity index (χ1n) is 7.91. The van der Waals surface area contributed by atoms with Gasteiger partial charge >= 0.3 is 6.03 Å². The topological polar surface area (TPSA) is 73.5 Å². The summed E-state index contributed by atoms with van der Waals surface area (Å²) in [4.78, 5) is 26.0. The van der Waals surface area contributed by atoms with Gasteiger partial charge in [-0.3, -0.25) is 9.69 Å². The van der Waals surface area contributed by atoms with Gasteiger partial charge in [0.2, 0.25) is 0 Å². The van der Waals surface area contributed by atoms with Crippen molar-refractivity contribution < 1.29 is 9.59 Å². The maximum atomic E-state index is 12.4. The van der Waals surface area contributed by atoms with Crippen molar-refractivity contribution in [3.8, 4) is 0 Å². The van der Waals surface area contributed by atoms with Gasteiger partial charge in [-0.15, -0.1) is 12.4 Å². The molecule has 2 fully saturated rings. The Hall–Kier alpha value is -1.79. The summed E-state index contributed by atoms with van der Waals surface area (Å²) in [5.74, 6) is -0.0760. The summed E-state index contributed by atoms with van der Waals surface area (Å²) in [6.45, 7) is 3.24. The average Bonchev–Trinajstić information content (AvgIpc) is 2.56. The number of carbonyl (C=O) groups is 2. The van der Waals surface area contributed by atoms with Crippen LogP contribution in [0.15, 0.2) is 24.3 Å². The highest BCUT2D eigenvalue weighted by molar-refractivity contribution is 5.98. The average molecular weight is 339 g/mol. The Kier molecular flexibility index (Phi) is 6.24. The van der Waals surface area contributed by atoms with Gasteiger partial charge in [0.05, 0.1) is 0 Å². The van der Waals surface area contributed by atoms with Gasteiger partial charge in [0.1, 0.15) is 0 Å². The number of anilines is 1. The lowest BCUT2D eigenvalue weighted by molar-refractivity contribution is 0.0930. The lowest BCUT2D eigenvalue weighted by Crippen LogP contribution is -2.47. The molecule has 2 heterocycles. The number of hydrogen-bond acceptors (Lipinski definition) is 3. The smallest absolute Gasteiger partial charge is 0.321 e. The first kappa shape index (κ1) is 17.6. The summed E-state index contributed by atoms with van der Waals surface area (Å²) in [5.41, 5.74) is 1.37. The van der Waals surface area contributed by atoms with Crippen LogP contribution in [-0.2, 0) is 0 Å². The predicted molar refractivity (Wildman–Crippen MR) is 92.4 cm³/mol. The molecule has 3 rings (SSSR count). The van der Waals surface area contributed by atoms with E-state index in [1.54, 1.807) is 17.0 Å². The Morgan fingerprint density at radius 1 is 1.26 bits per heavy atom. The Bertz CT molecular complexity index is 561. The maximum absolute atomic E-state index is 12.4. The quantitative estimate of drug-likeness (QED) is 0.782. The molecule has 0 aromatic heterocycles. The highest BCUT2D eigenvalue weighted by Crippen LogP contribution is 2.18. The highest BCUT2D eigenvalue weighted by Gasteiger charge is 2.21. The Morgan fingerprint density at radius 2 is 2.13 bits per heavy atom. The third-order valence-corrected chi connectivity index (χ3v) is 4.13. The molecule has 0 saturated carbocycles. The second-order valence-electron chi connectivity index (χ2n) is 5.80. The fourth-order valence-electron chi connectivity index (χ4n) is 2.93. The summed E-state index contributed by atoms with van der Waals surface area (Å²) in [5, 5.41) is 9.16. The zero-order valence-corrected chi connectivity index (χ0v) is 13.8. The van der Waals surface area contributed by atoms with Gasteiger partial charge in [0.25, 0.3) is 5.91 Å². The molecule has 7 heteroatoms. The van der Waals surface area contributed by atoms with Crippen molar-refractivity contribution in [2.24, 2.45) is 0 Å². The van der Waals surface area contributed by atoms with E-state index in [0.717, 1.165) is 38.0 Å². The van der Waals surface area contributed by atoms with E-state index in [0.29, 0.717) is 18.7 Å². The third-order valence-electron chi connectivity index (χ3n) is 4.13. The van der Waals surface area contributed by atoms with Gasteiger partial charge in [-0.1, -0.05) is 6.07 Å². The van der Waals surface area contributed by atoms with Gasteiger partial charge in [-0.25, -0.2) is 4.79 Å². The number of piperidine rings is 1. The Balaban J connectivity index is 0.00000192. The summed E-state index contributed by atoms with van der Waals surface area (Å²) in [6, 6.07) is 7.35. The van der Waals surface area contributed by atoms with Crippen LogP contribution in [-0.4, -0.2) is 44.2 Å². The normalized spacial score (nSPS) is 21.1. The molecule has 2 aliphatic rings. The maximum Gasteiger partial charge on any atom is 0.321 e. The molecule has 2 saturated heterocycles. The molecular formula is C16H23ClN4O2. The number of urea groups is 1. The van der Waals surface area contributed by atoms with Crippen LogP contribution in [0.5, 0.6) is 0 Å². The fraction of sp³-hybridized carbons (Fsp3) is 0.500. The number of rotatable bonds is 3. The van der Waals surface area contributed by atoms with Gasteiger partial charge < -0.3 is 16.0 Å². The molecule has 0 radical (unpaired) electrons. The molecule has 126 valence electrons. The molecule has 0 aliphatic carbocycles. The van der Waals surface area contributed by atoms with E-state index in [4.69, 9.17) is 0 Å². The van der Waals surface area contributed by atoms with E-state index in [2.05, 4.69) is 16.0 Å². The van der Waals surface area contributed by atoms with Crippen LogP contribution in [0, 0.1) is 0 Å².